The first-order chi connectivity index (χ1) is 18.4. The first kappa shape index (κ1) is 26.6. The van der Waals surface area contributed by atoms with Gasteiger partial charge in [-0.1, -0.05) is 49.9 Å². The van der Waals surface area contributed by atoms with Gasteiger partial charge in [-0.2, -0.15) is 0 Å². The number of thiophene rings is 1. The topological polar surface area (TPSA) is 73.7 Å². The maximum absolute atomic E-state index is 13.8. The summed E-state index contributed by atoms with van der Waals surface area (Å²) in [5, 5.41) is 1.56. The van der Waals surface area contributed by atoms with Crippen LogP contribution in [0.4, 0.5) is 0 Å². The van der Waals surface area contributed by atoms with E-state index in [1.54, 1.807) is 18.8 Å². The van der Waals surface area contributed by atoms with E-state index in [1.807, 2.05) is 47.4 Å². The molecule has 3 heterocycles. The molecular formula is C29H33N3O4S2. The van der Waals surface area contributed by atoms with Crippen LogP contribution in [0.1, 0.15) is 25.8 Å². The summed E-state index contributed by atoms with van der Waals surface area (Å²) in [6.45, 7) is 6.42. The van der Waals surface area contributed by atoms with E-state index in [9.17, 15) is 9.59 Å². The highest BCUT2D eigenvalue weighted by Gasteiger charge is 2.26. The van der Waals surface area contributed by atoms with Crippen LogP contribution in [0.2, 0.25) is 0 Å². The number of piperidine rings is 1. The number of methoxy groups -OCH3 is 2. The summed E-state index contributed by atoms with van der Waals surface area (Å²) >= 11 is 2.84. The molecule has 2 aromatic heterocycles. The number of rotatable bonds is 8. The molecule has 0 spiro atoms. The van der Waals surface area contributed by atoms with E-state index < -0.39 is 0 Å². The second-order valence-electron chi connectivity index (χ2n) is 10.1. The second kappa shape index (κ2) is 11.4. The number of carbonyl (C=O) groups excluding carboxylic acids is 1. The van der Waals surface area contributed by atoms with Crippen molar-refractivity contribution < 1.29 is 14.3 Å². The van der Waals surface area contributed by atoms with Gasteiger partial charge < -0.3 is 14.4 Å². The highest BCUT2D eigenvalue weighted by Crippen LogP contribution is 2.33. The Bertz CT molecular complexity index is 1520. The van der Waals surface area contributed by atoms with E-state index in [-0.39, 0.29) is 17.2 Å². The van der Waals surface area contributed by atoms with Gasteiger partial charge in [0.2, 0.25) is 5.91 Å². The zero-order chi connectivity index (χ0) is 26.8. The Labute approximate surface area is 230 Å². The van der Waals surface area contributed by atoms with Crippen molar-refractivity contribution in [3.05, 3.63) is 58.4 Å². The van der Waals surface area contributed by atoms with Crippen molar-refractivity contribution in [2.24, 2.45) is 11.8 Å². The number of aromatic nitrogens is 2. The van der Waals surface area contributed by atoms with Crippen LogP contribution < -0.4 is 15.0 Å². The monoisotopic (exact) mass is 551 g/mol. The van der Waals surface area contributed by atoms with E-state index >= 15 is 0 Å². The van der Waals surface area contributed by atoms with Crippen molar-refractivity contribution in [2.75, 3.05) is 33.1 Å². The molecule has 0 bridgehead atoms. The third-order valence-electron chi connectivity index (χ3n) is 7.07. The number of amides is 1. The van der Waals surface area contributed by atoms with Crippen molar-refractivity contribution >= 4 is 49.3 Å². The molecular weight excluding hydrogens is 518 g/mol. The number of hydrogen-bond donors (Lipinski definition) is 0. The molecule has 0 unspecified atom stereocenters. The summed E-state index contributed by atoms with van der Waals surface area (Å²) in [6.07, 6.45) is 1.76. The molecule has 1 saturated heterocycles. The predicted octanol–water partition coefficient (Wildman–Crippen LogP) is 5.47. The fourth-order valence-corrected chi connectivity index (χ4v) is 7.33. The number of carbonyl (C=O) groups is 1. The largest absolute Gasteiger partial charge is 0.493 e. The van der Waals surface area contributed by atoms with Gasteiger partial charge in [0.05, 0.1) is 25.5 Å². The Morgan fingerprint density at radius 1 is 1.08 bits per heavy atom. The number of fused-ring (bicyclic) bond motifs is 3. The van der Waals surface area contributed by atoms with Gasteiger partial charge in [0.15, 0.2) is 16.7 Å². The number of benzene rings is 2. The van der Waals surface area contributed by atoms with Crippen LogP contribution in [0.3, 0.4) is 0 Å². The van der Waals surface area contributed by atoms with Crippen molar-refractivity contribution in [3.8, 4) is 11.5 Å². The quantitative estimate of drug-likeness (QED) is 0.214. The molecule has 2 aromatic carbocycles. The van der Waals surface area contributed by atoms with Crippen molar-refractivity contribution in [1.29, 1.82) is 0 Å². The average Bonchev–Trinajstić information content (AvgIpc) is 3.29. The van der Waals surface area contributed by atoms with Crippen LogP contribution >= 0.6 is 23.1 Å². The van der Waals surface area contributed by atoms with Crippen molar-refractivity contribution in [2.45, 2.75) is 38.4 Å². The van der Waals surface area contributed by atoms with Crippen LogP contribution in [0.15, 0.2) is 52.4 Å². The molecule has 1 amide bonds. The molecule has 0 saturated carbocycles. The Hall–Kier alpha value is -3.04. The second-order valence-corrected chi connectivity index (χ2v) is 12.1. The summed E-state index contributed by atoms with van der Waals surface area (Å²) in [5.41, 5.74) is 1.68. The van der Waals surface area contributed by atoms with Gasteiger partial charge in [-0.25, -0.2) is 4.98 Å². The molecule has 1 aliphatic rings. The Kier molecular flexibility index (Phi) is 7.95. The van der Waals surface area contributed by atoms with Gasteiger partial charge in [-0.15, -0.1) is 11.3 Å². The maximum atomic E-state index is 13.8. The van der Waals surface area contributed by atoms with Gasteiger partial charge in [-0.05, 0) is 48.4 Å². The Morgan fingerprint density at radius 3 is 2.55 bits per heavy atom. The number of ether oxygens (including phenoxy) is 2. The molecule has 7 nitrogen and oxygen atoms in total. The first-order valence-electron chi connectivity index (χ1n) is 12.9. The Morgan fingerprint density at radius 2 is 1.82 bits per heavy atom. The lowest BCUT2D eigenvalue weighted by molar-refractivity contribution is -0.130. The van der Waals surface area contributed by atoms with Gasteiger partial charge in [0.1, 0.15) is 4.70 Å². The average molecular weight is 552 g/mol. The van der Waals surface area contributed by atoms with E-state index in [2.05, 4.69) is 13.8 Å². The van der Waals surface area contributed by atoms with E-state index in [0.29, 0.717) is 51.7 Å². The standard InChI is InChI=1S/C29H33N3O4S2/c1-18-13-19(2)16-31(15-18)25(33)17-37-29-30-26-21-7-5-6-8-24(21)38-27(26)28(34)32(29)12-11-20-9-10-22(35-3)23(14-20)36-4/h5-10,14,18-19H,11-13,15-17H2,1-4H3/t18-,19-/m1/s1. The van der Waals surface area contributed by atoms with Gasteiger partial charge in [0.25, 0.3) is 5.56 Å². The van der Waals surface area contributed by atoms with Gasteiger partial charge >= 0.3 is 0 Å². The minimum Gasteiger partial charge on any atom is -0.493 e. The fraction of sp³-hybridized carbons (Fsp3) is 0.414. The third-order valence-corrected chi connectivity index (χ3v) is 9.17. The van der Waals surface area contributed by atoms with E-state index in [0.717, 1.165) is 35.2 Å². The lowest BCUT2D eigenvalue weighted by Gasteiger charge is -2.35. The molecule has 2 atom stereocenters. The summed E-state index contributed by atoms with van der Waals surface area (Å²) in [5.74, 6) is 2.68. The number of hydrogen-bond acceptors (Lipinski definition) is 7. The molecule has 9 heteroatoms. The molecule has 4 aromatic rings. The predicted molar refractivity (Wildman–Crippen MR) is 155 cm³/mol. The van der Waals surface area contributed by atoms with Gasteiger partial charge in [0, 0.05) is 29.7 Å². The molecule has 1 fully saturated rings. The normalized spacial score (nSPS) is 17.7. The number of nitrogens with zero attached hydrogens (tertiary/aromatic N) is 3. The smallest absolute Gasteiger partial charge is 0.272 e. The SMILES string of the molecule is COc1ccc(CCn2c(SCC(=O)N3C[C@H](C)C[C@@H](C)C3)nc3c(sc4ccccc43)c2=O)cc1OC. The number of likely N-dealkylation sites (tertiary alicyclic amines) is 1. The highest BCUT2D eigenvalue weighted by molar-refractivity contribution is 7.99. The number of thioether (sulfide) groups is 1. The van der Waals surface area contributed by atoms with E-state index in [1.165, 1.54) is 23.1 Å². The lowest BCUT2D eigenvalue weighted by Crippen LogP contribution is -2.43. The third kappa shape index (κ3) is 5.40. The molecule has 0 aliphatic carbocycles. The van der Waals surface area contributed by atoms with Crippen molar-refractivity contribution in [3.63, 3.8) is 0 Å². The highest BCUT2D eigenvalue weighted by atomic mass is 32.2. The minimum absolute atomic E-state index is 0.0631. The lowest BCUT2D eigenvalue weighted by atomic mass is 9.92. The maximum Gasteiger partial charge on any atom is 0.272 e. The van der Waals surface area contributed by atoms with Gasteiger partial charge in [-0.3, -0.25) is 14.2 Å². The van der Waals surface area contributed by atoms with Crippen molar-refractivity contribution in [1.82, 2.24) is 14.5 Å². The molecule has 38 heavy (non-hydrogen) atoms. The molecule has 1 aliphatic heterocycles. The number of aryl methyl sites for hydroxylation is 1. The van der Waals surface area contributed by atoms with Crippen LogP contribution in [0.25, 0.3) is 20.3 Å². The molecule has 5 rings (SSSR count). The molecule has 0 N–H and O–H groups in total. The summed E-state index contributed by atoms with van der Waals surface area (Å²) in [6, 6.07) is 13.8. The summed E-state index contributed by atoms with van der Waals surface area (Å²) in [4.78, 5) is 33.9. The Balaban J connectivity index is 1.46. The first-order valence-corrected chi connectivity index (χ1v) is 14.7. The van der Waals surface area contributed by atoms with Crippen LogP contribution in [0.5, 0.6) is 11.5 Å². The molecule has 0 radical (unpaired) electrons. The van der Waals surface area contributed by atoms with E-state index in [4.69, 9.17) is 14.5 Å². The minimum atomic E-state index is -0.0631. The summed E-state index contributed by atoms with van der Waals surface area (Å²) in [7, 11) is 3.22. The zero-order valence-electron chi connectivity index (χ0n) is 22.2. The zero-order valence-corrected chi connectivity index (χ0v) is 23.9. The molecule has 200 valence electrons. The summed E-state index contributed by atoms with van der Waals surface area (Å²) < 4.78 is 14.2. The van der Waals surface area contributed by atoms with Crippen LogP contribution in [-0.2, 0) is 17.8 Å². The fourth-order valence-electron chi connectivity index (χ4n) is 5.32. The van der Waals surface area contributed by atoms with Crippen LogP contribution in [-0.4, -0.2) is 53.4 Å². The van der Waals surface area contributed by atoms with Crippen LogP contribution in [0, 0.1) is 11.8 Å².